The molecule has 0 N–H and O–H groups in total. The Morgan fingerprint density at radius 3 is 2.40 bits per heavy atom. The van der Waals surface area contributed by atoms with E-state index in [-0.39, 0.29) is 9.23 Å². The van der Waals surface area contributed by atoms with Crippen LogP contribution < -0.4 is 0 Å². The van der Waals surface area contributed by atoms with E-state index in [1.54, 1.807) is 0 Å². The van der Waals surface area contributed by atoms with Gasteiger partial charge < -0.3 is 4.55 Å². The first-order valence-electron chi connectivity index (χ1n) is 2.15. The fourth-order valence-electron chi connectivity index (χ4n) is 0.439. The van der Waals surface area contributed by atoms with Gasteiger partial charge in [-0.25, -0.2) is 0 Å². The summed E-state index contributed by atoms with van der Waals surface area (Å²) < 4.78 is 21.2. The fourth-order valence-corrected chi connectivity index (χ4v) is 2.71. The molecule has 0 aliphatic rings. The van der Waals surface area contributed by atoms with E-state index >= 15 is 0 Å². The van der Waals surface area contributed by atoms with Crippen LogP contribution in [-0.2, 0) is 11.1 Å². The summed E-state index contributed by atoms with van der Waals surface area (Å²) in [4.78, 5) is 0.0664. The van der Waals surface area contributed by atoms with Gasteiger partial charge in [0, 0.05) is 0 Å². The van der Waals surface area contributed by atoms with Crippen molar-refractivity contribution in [3.05, 3.63) is 14.7 Å². The Bertz CT molecular complexity index is 270. The third-order valence-corrected chi connectivity index (χ3v) is 3.21. The van der Waals surface area contributed by atoms with E-state index in [0.717, 1.165) is 11.3 Å². The van der Waals surface area contributed by atoms with Gasteiger partial charge in [0.05, 0.1) is 9.23 Å². The van der Waals surface area contributed by atoms with Crippen LogP contribution in [0.5, 0.6) is 0 Å². The normalized spacial score (nSPS) is 13.5. The van der Waals surface area contributed by atoms with Crippen molar-refractivity contribution in [1.29, 1.82) is 0 Å². The molecule has 0 amide bonds. The molecule has 1 atom stereocenters. The van der Waals surface area contributed by atoms with Crippen LogP contribution in [0.1, 0.15) is 0 Å². The third kappa shape index (κ3) is 1.71. The molecule has 0 saturated carbocycles. The lowest BCUT2D eigenvalue weighted by atomic mass is 10.7. The van der Waals surface area contributed by atoms with Crippen molar-refractivity contribution in [3.63, 3.8) is 0 Å². The predicted octanol–water partition coefficient (Wildman–Crippen LogP) is 2.29. The van der Waals surface area contributed by atoms with Gasteiger partial charge in [0.2, 0.25) is 0 Å². The Kier molecular flexibility index (Phi) is 2.71. The molecule has 1 aromatic heterocycles. The number of halogens is 2. The van der Waals surface area contributed by atoms with Gasteiger partial charge in [-0.15, -0.1) is 11.3 Å². The van der Waals surface area contributed by atoms with Gasteiger partial charge in [0.25, 0.3) is 0 Å². The molecule has 0 fully saturated rings. The van der Waals surface area contributed by atoms with Crippen molar-refractivity contribution in [2.45, 2.75) is 4.90 Å². The van der Waals surface area contributed by atoms with Crippen LogP contribution in [0.25, 0.3) is 0 Å². The molecule has 0 saturated heterocycles. The van der Waals surface area contributed by atoms with E-state index in [4.69, 9.17) is 23.2 Å². The molecule has 1 aromatic rings. The minimum Gasteiger partial charge on any atom is -0.768 e. The average Bonchev–Trinajstić information content (AvgIpc) is 2.10. The second-order valence-electron chi connectivity index (χ2n) is 1.42. The van der Waals surface area contributed by atoms with Gasteiger partial charge in [-0.1, -0.05) is 23.2 Å². The molecule has 0 aliphatic carbocycles. The first kappa shape index (κ1) is 8.49. The van der Waals surface area contributed by atoms with Crippen LogP contribution >= 0.6 is 34.5 Å². The van der Waals surface area contributed by atoms with Crippen molar-refractivity contribution in [3.8, 4) is 0 Å². The van der Waals surface area contributed by atoms with Crippen LogP contribution in [0.3, 0.4) is 0 Å². The van der Waals surface area contributed by atoms with Crippen molar-refractivity contribution in [2.75, 3.05) is 0 Å². The summed E-state index contributed by atoms with van der Waals surface area (Å²) >= 11 is 9.71. The number of thiophene rings is 1. The Balaban J connectivity index is 3.15. The summed E-state index contributed by atoms with van der Waals surface area (Å²) in [6.45, 7) is 0. The highest BCUT2D eigenvalue weighted by atomic mass is 35.5. The number of hydrogen-bond acceptors (Lipinski definition) is 3. The van der Waals surface area contributed by atoms with Crippen LogP contribution in [0.4, 0.5) is 0 Å². The lowest BCUT2D eigenvalue weighted by molar-refractivity contribution is 0.537. The summed E-state index contributed by atoms with van der Waals surface area (Å²) in [5.74, 6) is 0. The average molecular weight is 216 g/mol. The van der Waals surface area contributed by atoms with Gasteiger partial charge in [-0.2, -0.15) is 0 Å². The summed E-state index contributed by atoms with van der Waals surface area (Å²) in [6.07, 6.45) is 0. The molecule has 10 heavy (non-hydrogen) atoms. The maximum atomic E-state index is 10.3. The number of hydrogen-bond donors (Lipinski definition) is 0. The highest BCUT2D eigenvalue weighted by Crippen LogP contribution is 2.32. The quantitative estimate of drug-likeness (QED) is 0.675. The second kappa shape index (κ2) is 3.19. The first-order chi connectivity index (χ1) is 4.61. The molecule has 1 rings (SSSR count). The fraction of sp³-hybridized carbons (Fsp3) is 0. The van der Waals surface area contributed by atoms with Gasteiger partial charge in [0.15, 0.2) is 0 Å². The van der Waals surface area contributed by atoms with E-state index in [2.05, 4.69) is 0 Å². The zero-order chi connectivity index (χ0) is 7.72. The van der Waals surface area contributed by atoms with E-state index in [0.29, 0.717) is 4.34 Å². The van der Waals surface area contributed by atoms with Gasteiger partial charge in [-0.05, 0) is 17.1 Å². The molecule has 1 heterocycles. The van der Waals surface area contributed by atoms with Gasteiger partial charge >= 0.3 is 0 Å². The lowest BCUT2D eigenvalue weighted by Crippen LogP contribution is -1.84. The molecule has 0 bridgehead atoms. The van der Waals surface area contributed by atoms with E-state index in [1.807, 2.05) is 0 Å². The highest BCUT2D eigenvalue weighted by molar-refractivity contribution is 7.79. The molecule has 0 radical (unpaired) electrons. The molecule has 1 unspecified atom stereocenters. The van der Waals surface area contributed by atoms with Crippen LogP contribution in [0, 0.1) is 0 Å². The highest BCUT2D eigenvalue weighted by Gasteiger charge is 2.04. The lowest BCUT2D eigenvalue weighted by Gasteiger charge is -1.99. The zero-order valence-corrected chi connectivity index (χ0v) is 7.61. The molecule has 0 aliphatic heterocycles. The largest absolute Gasteiger partial charge is 0.768 e. The Hall–Kier alpha value is 0.390. The van der Waals surface area contributed by atoms with Crippen molar-refractivity contribution >= 4 is 45.6 Å². The zero-order valence-electron chi connectivity index (χ0n) is 4.47. The van der Waals surface area contributed by atoms with Crippen LogP contribution in [0.15, 0.2) is 11.0 Å². The Labute approximate surface area is 74.1 Å². The molecular formula is C4HCl2O2S2-. The van der Waals surface area contributed by atoms with Crippen molar-refractivity contribution in [1.82, 2.24) is 0 Å². The molecule has 0 aromatic carbocycles. The smallest absolute Gasteiger partial charge is 0.109 e. The summed E-state index contributed by atoms with van der Waals surface area (Å²) in [7, 11) is 0. The third-order valence-electron chi connectivity index (χ3n) is 0.805. The second-order valence-corrected chi connectivity index (χ2v) is 4.62. The topological polar surface area (TPSA) is 40.1 Å². The van der Waals surface area contributed by atoms with Crippen LogP contribution in [0.2, 0.25) is 8.67 Å². The minimum atomic E-state index is -2.28. The maximum absolute atomic E-state index is 10.3. The van der Waals surface area contributed by atoms with Gasteiger partial charge in [0.1, 0.15) is 4.34 Å². The van der Waals surface area contributed by atoms with E-state index in [1.165, 1.54) is 6.07 Å². The summed E-state index contributed by atoms with van der Waals surface area (Å²) in [6, 6.07) is 1.32. The SMILES string of the molecule is O=S([O-])c1cc(Cl)sc1Cl. The first-order valence-corrected chi connectivity index (χ1v) is 4.80. The number of rotatable bonds is 1. The molecular weight excluding hydrogens is 215 g/mol. The monoisotopic (exact) mass is 215 g/mol. The molecule has 0 spiro atoms. The van der Waals surface area contributed by atoms with E-state index in [9.17, 15) is 8.76 Å². The molecule has 56 valence electrons. The Morgan fingerprint density at radius 1 is 1.60 bits per heavy atom. The molecule has 2 nitrogen and oxygen atoms in total. The van der Waals surface area contributed by atoms with E-state index < -0.39 is 11.1 Å². The van der Waals surface area contributed by atoms with Gasteiger partial charge in [-0.3, -0.25) is 4.21 Å². The minimum absolute atomic E-state index is 0.0664. The van der Waals surface area contributed by atoms with Crippen molar-refractivity contribution < 1.29 is 8.76 Å². The predicted molar refractivity (Wildman–Crippen MR) is 41.5 cm³/mol. The van der Waals surface area contributed by atoms with Crippen LogP contribution in [-0.4, -0.2) is 8.76 Å². The summed E-state index contributed by atoms with van der Waals surface area (Å²) in [5, 5.41) is 0. The maximum Gasteiger partial charge on any atom is 0.109 e. The summed E-state index contributed by atoms with van der Waals surface area (Å²) in [5.41, 5.74) is 0. The molecule has 6 heteroatoms. The van der Waals surface area contributed by atoms with Crippen molar-refractivity contribution in [2.24, 2.45) is 0 Å². The Morgan fingerprint density at radius 2 is 2.20 bits per heavy atom. The standard InChI is InChI=1S/C4H2Cl2O2S2/c5-3-1-2(10(7)8)4(6)9-3/h1H,(H,7,8)/p-1.